The van der Waals surface area contributed by atoms with Crippen LogP contribution >= 0.6 is 0 Å². The zero-order chi connectivity index (χ0) is 19.1. The third kappa shape index (κ3) is 5.41. The van der Waals surface area contributed by atoms with Crippen molar-refractivity contribution in [3.05, 3.63) is 0 Å². The van der Waals surface area contributed by atoms with Crippen molar-refractivity contribution in [1.82, 2.24) is 24.5 Å². The molecule has 2 saturated heterocycles. The van der Waals surface area contributed by atoms with Gasteiger partial charge in [-0.1, -0.05) is 6.92 Å². The molecule has 2 amide bonds. The second-order valence-electron chi connectivity index (χ2n) is 7.31. The van der Waals surface area contributed by atoms with Gasteiger partial charge in [-0.2, -0.15) is 0 Å². The lowest BCUT2D eigenvalue weighted by Gasteiger charge is -2.41. The standard InChI is InChI=1S/C19H37N5O2/c1-5-20-8-14-24(15-9-20)19(26)17(4)23-12-10-21(11-13-23)16-18(25)22(6-2)7-3/h17H,5-16H2,1-4H3. The zero-order valence-electron chi connectivity index (χ0n) is 17.1. The van der Waals surface area contributed by atoms with Gasteiger partial charge in [-0.15, -0.1) is 0 Å². The average Bonchev–Trinajstić information content (AvgIpc) is 2.68. The minimum Gasteiger partial charge on any atom is -0.342 e. The van der Waals surface area contributed by atoms with Crippen LogP contribution < -0.4 is 0 Å². The van der Waals surface area contributed by atoms with E-state index in [9.17, 15) is 9.59 Å². The molecule has 0 spiro atoms. The van der Waals surface area contributed by atoms with Crippen molar-refractivity contribution in [3.63, 3.8) is 0 Å². The maximum atomic E-state index is 12.8. The Morgan fingerprint density at radius 1 is 0.846 bits per heavy atom. The number of amides is 2. The number of hydrogen-bond donors (Lipinski definition) is 0. The molecule has 7 nitrogen and oxygen atoms in total. The number of hydrogen-bond acceptors (Lipinski definition) is 5. The summed E-state index contributed by atoms with van der Waals surface area (Å²) in [7, 11) is 0. The van der Waals surface area contributed by atoms with Crippen molar-refractivity contribution in [2.24, 2.45) is 0 Å². The summed E-state index contributed by atoms with van der Waals surface area (Å²) in [5, 5.41) is 0. The molecule has 2 heterocycles. The molecule has 0 aliphatic carbocycles. The van der Waals surface area contributed by atoms with Gasteiger partial charge in [0.25, 0.3) is 0 Å². The smallest absolute Gasteiger partial charge is 0.239 e. The highest BCUT2D eigenvalue weighted by molar-refractivity contribution is 5.81. The molecule has 150 valence electrons. The van der Waals surface area contributed by atoms with E-state index < -0.39 is 0 Å². The normalized spacial score (nSPS) is 21.6. The summed E-state index contributed by atoms with van der Waals surface area (Å²) < 4.78 is 0. The quantitative estimate of drug-likeness (QED) is 0.635. The topological polar surface area (TPSA) is 50.3 Å². The van der Waals surface area contributed by atoms with E-state index in [4.69, 9.17) is 0 Å². The van der Waals surface area contributed by atoms with Crippen LogP contribution in [0, 0.1) is 0 Å². The minimum absolute atomic E-state index is 0.0659. The van der Waals surface area contributed by atoms with Crippen LogP contribution in [0.5, 0.6) is 0 Å². The van der Waals surface area contributed by atoms with E-state index >= 15 is 0 Å². The van der Waals surface area contributed by atoms with E-state index in [1.54, 1.807) is 0 Å². The van der Waals surface area contributed by atoms with Gasteiger partial charge in [0.05, 0.1) is 12.6 Å². The number of carbonyl (C=O) groups is 2. The molecule has 1 atom stereocenters. The Morgan fingerprint density at radius 2 is 1.38 bits per heavy atom. The van der Waals surface area contributed by atoms with Crippen molar-refractivity contribution in [2.45, 2.75) is 33.7 Å². The first kappa shape index (κ1) is 21.1. The molecule has 0 aromatic heterocycles. The zero-order valence-corrected chi connectivity index (χ0v) is 17.1. The van der Waals surface area contributed by atoms with E-state index in [1.807, 2.05) is 30.6 Å². The summed E-state index contributed by atoms with van der Waals surface area (Å²) in [5.41, 5.74) is 0. The molecule has 2 rings (SSSR count). The van der Waals surface area contributed by atoms with Gasteiger partial charge in [0.15, 0.2) is 0 Å². The van der Waals surface area contributed by atoms with Crippen LogP contribution in [0.4, 0.5) is 0 Å². The third-order valence-electron chi connectivity index (χ3n) is 5.92. The molecule has 2 aliphatic rings. The van der Waals surface area contributed by atoms with Gasteiger partial charge in [0, 0.05) is 65.4 Å². The van der Waals surface area contributed by atoms with Gasteiger partial charge in [0.2, 0.25) is 11.8 Å². The predicted molar refractivity (Wildman–Crippen MR) is 104 cm³/mol. The van der Waals surface area contributed by atoms with Crippen LogP contribution in [0.2, 0.25) is 0 Å². The maximum Gasteiger partial charge on any atom is 0.239 e. The summed E-state index contributed by atoms with van der Waals surface area (Å²) >= 11 is 0. The monoisotopic (exact) mass is 367 g/mol. The van der Waals surface area contributed by atoms with Gasteiger partial charge >= 0.3 is 0 Å². The van der Waals surface area contributed by atoms with E-state index in [1.165, 1.54) is 0 Å². The van der Waals surface area contributed by atoms with Crippen LogP contribution in [-0.4, -0.2) is 121 Å². The molecule has 0 saturated carbocycles. The van der Waals surface area contributed by atoms with Crippen molar-refractivity contribution >= 4 is 11.8 Å². The summed E-state index contributed by atoms with van der Waals surface area (Å²) in [6.07, 6.45) is 0. The number of nitrogens with zero attached hydrogens (tertiary/aromatic N) is 5. The molecule has 1 unspecified atom stereocenters. The maximum absolute atomic E-state index is 12.8. The molecule has 7 heteroatoms. The Balaban J connectivity index is 1.76. The van der Waals surface area contributed by atoms with Crippen LogP contribution in [0.15, 0.2) is 0 Å². The first-order chi connectivity index (χ1) is 12.5. The highest BCUT2D eigenvalue weighted by Gasteiger charge is 2.30. The van der Waals surface area contributed by atoms with Crippen LogP contribution in [-0.2, 0) is 9.59 Å². The molecular weight excluding hydrogens is 330 g/mol. The molecule has 0 aromatic rings. The predicted octanol–water partition coefficient (Wildman–Crippen LogP) is 0.0250. The van der Waals surface area contributed by atoms with Crippen molar-refractivity contribution in [1.29, 1.82) is 0 Å². The molecule has 0 aromatic carbocycles. The van der Waals surface area contributed by atoms with Crippen LogP contribution in [0.3, 0.4) is 0 Å². The fourth-order valence-electron chi connectivity index (χ4n) is 3.88. The second kappa shape index (κ2) is 10.2. The lowest BCUT2D eigenvalue weighted by atomic mass is 10.2. The Hall–Kier alpha value is -1.18. The fourth-order valence-corrected chi connectivity index (χ4v) is 3.88. The Kier molecular flexibility index (Phi) is 8.31. The molecule has 0 N–H and O–H groups in total. The van der Waals surface area contributed by atoms with E-state index in [0.717, 1.165) is 72.0 Å². The van der Waals surface area contributed by atoms with Gasteiger partial charge < -0.3 is 14.7 Å². The lowest BCUT2D eigenvalue weighted by Crippen LogP contribution is -2.58. The van der Waals surface area contributed by atoms with Gasteiger partial charge in [-0.3, -0.25) is 19.4 Å². The SMILES string of the molecule is CCN1CCN(C(=O)C(C)N2CCN(CC(=O)N(CC)CC)CC2)CC1. The van der Waals surface area contributed by atoms with Crippen molar-refractivity contribution < 1.29 is 9.59 Å². The largest absolute Gasteiger partial charge is 0.342 e. The highest BCUT2D eigenvalue weighted by Crippen LogP contribution is 2.11. The Bertz CT molecular complexity index is 453. The van der Waals surface area contributed by atoms with E-state index in [0.29, 0.717) is 6.54 Å². The number of piperazine rings is 2. The van der Waals surface area contributed by atoms with Crippen molar-refractivity contribution in [2.75, 3.05) is 78.5 Å². The molecule has 26 heavy (non-hydrogen) atoms. The highest BCUT2D eigenvalue weighted by atomic mass is 16.2. The number of rotatable bonds is 7. The molecule has 0 bridgehead atoms. The summed E-state index contributed by atoms with van der Waals surface area (Å²) in [6.45, 7) is 18.4. The summed E-state index contributed by atoms with van der Waals surface area (Å²) in [5.74, 6) is 0.467. The van der Waals surface area contributed by atoms with Crippen LogP contribution in [0.1, 0.15) is 27.7 Å². The average molecular weight is 368 g/mol. The van der Waals surface area contributed by atoms with Gasteiger partial charge in [0.1, 0.15) is 0 Å². The molecular formula is C19H37N5O2. The molecule has 2 aliphatic heterocycles. The fraction of sp³-hybridized carbons (Fsp3) is 0.895. The van der Waals surface area contributed by atoms with E-state index in [-0.39, 0.29) is 17.9 Å². The number of likely N-dealkylation sites (N-methyl/N-ethyl adjacent to an activating group) is 2. The first-order valence-corrected chi connectivity index (χ1v) is 10.2. The Morgan fingerprint density at radius 3 is 1.88 bits per heavy atom. The lowest BCUT2D eigenvalue weighted by molar-refractivity contribution is -0.139. The van der Waals surface area contributed by atoms with Crippen LogP contribution in [0.25, 0.3) is 0 Å². The third-order valence-corrected chi connectivity index (χ3v) is 5.92. The number of carbonyl (C=O) groups excluding carboxylic acids is 2. The Labute approximate surface area is 158 Å². The molecule has 0 radical (unpaired) electrons. The molecule has 2 fully saturated rings. The van der Waals surface area contributed by atoms with Gasteiger partial charge in [-0.25, -0.2) is 0 Å². The second-order valence-corrected chi connectivity index (χ2v) is 7.31. The summed E-state index contributed by atoms with van der Waals surface area (Å²) in [4.78, 5) is 35.9. The minimum atomic E-state index is -0.0659. The first-order valence-electron chi connectivity index (χ1n) is 10.2. The summed E-state index contributed by atoms with van der Waals surface area (Å²) in [6, 6.07) is -0.0659. The van der Waals surface area contributed by atoms with Crippen molar-refractivity contribution in [3.8, 4) is 0 Å². The van der Waals surface area contributed by atoms with E-state index in [2.05, 4.69) is 21.6 Å². The van der Waals surface area contributed by atoms with Gasteiger partial charge in [-0.05, 0) is 27.3 Å².